The molecule has 0 aliphatic heterocycles. The lowest BCUT2D eigenvalue weighted by atomic mass is 10.1. The Kier molecular flexibility index (Phi) is 5.02. The van der Waals surface area contributed by atoms with Crippen molar-refractivity contribution in [3.05, 3.63) is 23.8 Å². The molecule has 21 heavy (non-hydrogen) atoms. The standard InChI is InChI=1S/C18H27NO2/c1-2-20-18-11-15(12-19-16-8-9-16)7-10-17(18)21-13-14-5-3-4-6-14/h7,10-11,14,16,19H,2-6,8-9,12-13H2,1H3. The van der Waals surface area contributed by atoms with Crippen LogP contribution in [-0.2, 0) is 6.54 Å². The van der Waals surface area contributed by atoms with E-state index in [9.17, 15) is 0 Å². The maximum atomic E-state index is 6.02. The van der Waals surface area contributed by atoms with E-state index < -0.39 is 0 Å². The van der Waals surface area contributed by atoms with E-state index >= 15 is 0 Å². The predicted molar refractivity (Wildman–Crippen MR) is 84.9 cm³/mol. The lowest BCUT2D eigenvalue weighted by Gasteiger charge is -2.16. The maximum Gasteiger partial charge on any atom is 0.161 e. The van der Waals surface area contributed by atoms with Crippen molar-refractivity contribution < 1.29 is 9.47 Å². The van der Waals surface area contributed by atoms with Crippen LogP contribution in [0.5, 0.6) is 11.5 Å². The Bertz CT molecular complexity index is 451. The van der Waals surface area contributed by atoms with Gasteiger partial charge in [0.05, 0.1) is 13.2 Å². The van der Waals surface area contributed by atoms with Crippen LogP contribution in [-0.4, -0.2) is 19.3 Å². The van der Waals surface area contributed by atoms with Gasteiger partial charge in [-0.1, -0.05) is 18.9 Å². The summed E-state index contributed by atoms with van der Waals surface area (Å²) < 4.78 is 11.8. The Morgan fingerprint density at radius 3 is 2.57 bits per heavy atom. The third kappa shape index (κ3) is 4.37. The molecule has 2 fully saturated rings. The summed E-state index contributed by atoms with van der Waals surface area (Å²) in [6.07, 6.45) is 7.98. The van der Waals surface area contributed by atoms with Crippen LogP contribution in [0.25, 0.3) is 0 Å². The van der Waals surface area contributed by atoms with Gasteiger partial charge in [0.25, 0.3) is 0 Å². The fraction of sp³-hybridized carbons (Fsp3) is 0.667. The fourth-order valence-electron chi connectivity index (χ4n) is 2.98. The largest absolute Gasteiger partial charge is 0.490 e. The average Bonchev–Trinajstić information content (AvgIpc) is 3.18. The first kappa shape index (κ1) is 14.7. The Labute approximate surface area is 128 Å². The Hall–Kier alpha value is -1.22. The number of hydrogen-bond acceptors (Lipinski definition) is 3. The number of benzene rings is 1. The highest BCUT2D eigenvalue weighted by atomic mass is 16.5. The summed E-state index contributed by atoms with van der Waals surface area (Å²) in [5.41, 5.74) is 1.28. The summed E-state index contributed by atoms with van der Waals surface area (Å²) in [5.74, 6) is 2.53. The third-order valence-corrected chi connectivity index (χ3v) is 4.43. The van der Waals surface area contributed by atoms with Gasteiger partial charge in [0.15, 0.2) is 11.5 Å². The van der Waals surface area contributed by atoms with Crippen molar-refractivity contribution >= 4 is 0 Å². The summed E-state index contributed by atoms with van der Waals surface area (Å²) in [6.45, 7) is 4.46. The van der Waals surface area contributed by atoms with Crippen molar-refractivity contribution in [2.75, 3.05) is 13.2 Å². The summed E-state index contributed by atoms with van der Waals surface area (Å²) in [4.78, 5) is 0. The number of hydrogen-bond donors (Lipinski definition) is 1. The van der Waals surface area contributed by atoms with Crippen LogP contribution in [0.3, 0.4) is 0 Å². The first-order valence-corrected chi connectivity index (χ1v) is 8.47. The first-order chi connectivity index (χ1) is 10.3. The minimum Gasteiger partial charge on any atom is -0.490 e. The Balaban J connectivity index is 1.59. The van der Waals surface area contributed by atoms with Gasteiger partial charge in [0.2, 0.25) is 0 Å². The minimum absolute atomic E-state index is 0.680. The van der Waals surface area contributed by atoms with Crippen molar-refractivity contribution in [2.24, 2.45) is 5.92 Å². The second-order valence-electron chi connectivity index (χ2n) is 6.33. The highest BCUT2D eigenvalue weighted by Gasteiger charge is 2.20. The highest BCUT2D eigenvalue weighted by molar-refractivity contribution is 5.43. The molecule has 0 atom stereocenters. The summed E-state index contributed by atoms with van der Waals surface area (Å²) in [5, 5.41) is 3.54. The Morgan fingerprint density at radius 1 is 1.05 bits per heavy atom. The smallest absolute Gasteiger partial charge is 0.161 e. The van der Waals surface area contributed by atoms with Crippen LogP contribution in [0.4, 0.5) is 0 Å². The second kappa shape index (κ2) is 7.17. The van der Waals surface area contributed by atoms with E-state index in [4.69, 9.17) is 9.47 Å². The van der Waals surface area contributed by atoms with Crippen LogP contribution < -0.4 is 14.8 Å². The molecule has 0 aromatic heterocycles. The van der Waals surface area contributed by atoms with Crippen LogP contribution in [0.15, 0.2) is 18.2 Å². The lowest BCUT2D eigenvalue weighted by Crippen LogP contribution is -2.15. The summed E-state index contributed by atoms with van der Waals surface area (Å²) in [6, 6.07) is 7.09. The molecule has 1 aromatic carbocycles. The van der Waals surface area contributed by atoms with E-state index in [1.165, 1.54) is 44.1 Å². The van der Waals surface area contributed by atoms with Crippen LogP contribution in [0, 0.1) is 5.92 Å². The zero-order chi connectivity index (χ0) is 14.5. The van der Waals surface area contributed by atoms with Gasteiger partial charge in [-0.2, -0.15) is 0 Å². The van der Waals surface area contributed by atoms with Gasteiger partial charge in [0, 0.05) is 12.6 Å². The minimum atomic E-state index is 0.680. The van der Waals surface area contributed by atoms with Crippen molar-refractivity contribution in [1.29, 1.82) is 0 Å². The molecule has 2 aliphatic rings. The first-order valence-electron chi connectivity index (χ1n) is 8.47. The van der Waals surface area contributed by atoms with E-state index in [0.717, 1.165) is 36.6 Å². The molecule has 3 rings (SSSR count). The van der Waals surface area contributed by atoms with E-state index in [1.54, 1.807) is 0 Å². The molecule has 0 saturated heterocycles. The SMILES string of the molecule is CCOc1cc(CNC2CC2)ccc1OCC1CCCC1. The van der Waals surface area contributed by atoms with Gasteiger partial charge in [-0.15, -0.1) is 0 Å². The van der Waals surface area contributed by atoms with Crippen molar-refractivity contribution in [1.82, 2.24) is 5.32 Å². The Morgan fingerprint density at radius 2 is 1.86 bits per heavy atom. The molecular formula is C18H27NO2. The average molecular weight is 289 g/mol. The molecule has 116 valence electrons. The maximum absolute atomic E-state index is 6.02. The third-order valence-electron chi connectivity index (χ3n) is 4.43. The lowest BCUT2D eigenvalue weighted by molar-refractivity contribution is 0.234. The topological polar surface area (TPSA) is 30.5 Å². The molecule has 2 aliphatic carbocycles. The van der Waals surface area contributed by atoms with E-state index in [-0.39, 0.29) is 0 Å². The molecule has 3 nitrogen and oxygen atoms in total. The van der Waals surface area contributed by atoms with Crippen LogP contribution in [0.1, 0.15) is 51.0 Å². The molecule has 0 bridgehead atoms. The molecule has 0 amide bonds. The number of ether oxygens (including phenoxy) is 2. The zero-order valence-electron chi connectivity index (χ0n) is 13.1. The molecule has 0 unspecified atom stereocenters. The van der Waals surface area contributed by atoms with Gasteiger partial charge < -0.3 is 14.8 Å². The van der Waals surface area contributed by atoms with E-state index in [0.29, 0.717) is 6.61 Å². The normalized spacial score (nSPS) is 18.9. The van der Waals surface area contributed by atoms with Crippen molar-refractivity contribution in [2.45, 2.75) is 58.0 Å². The molecule has 0 spiro atoms. The van der Waals surface area contributed by atoms with E-state index in [1.807, 2.05) is 6.92 Å². The molecule has 0 radical (unpaired) electrons. The molecule has 2 saturated carbocycles. The van der Waals surface area contributed by atoms with Crippen LogP contribution in [0.2, 0.25) is 0 Å². The van der Waals surface area contributed by atoms with E-state index in [2.05, 4.69) is 23.5 Å². The molecule has 1 aromatic rings. The van der Waals surface area contributed by atoms with Gasteiger partial charge in [-0.3, -0.25) is 0 Å². The zero-order valence-corrected chi connectivity index (χ0v) is 13.1. The van der Waals surface area contributed by atoms with Gasteiger partial charge >= 0.3 is 0 Å². The fourth-order valence-corrected chi connectivity index (χ4v) is 2.98. The summed E-state index contributed by atoms with van der Waals surface area (Å²) >= 11 is 0. The van der Waals surface area contributed by atoms with Crippen molar-refractivity contribution in [3.63, 3.8) is 0 Å². The number of nitrogens with one attached hydrogen (secondary N) is 1. The second-order valence-corrected chi connectivity index (χ2v) is 6.33. The molecular weight excluding hydrogens is 262 g/mol. The quantitative estimate of drug-likeness (QED) is 0.787. The van der Waals surface area contributed by atoms with Crippen LogP contribution >= 0.6 is 0 Å². The number of rotatable bonds is 8. The predicted octanol–water partition coefficient (Wildman–Crippen LogP) is 3.91. The van der Waals surface area contributed by atoms with Gasteiger partial charge in [-0.25, -0.2) is 0 Å². The highest BCUT2D eigenvalue weighted by Crippen LogP contribution is 2.31. The van der Waals surface area contributed by atoms with Crippen molar-refractivity contribution in [3.8, 4) is 11.5 Å². The van der Waals surface area contributed by atoms with Gasteiger partial charge in [-0.05, 0) is 56.2 Å². The molecule has 3 heteroatoms. The molecule has 0 heterocycles. The van der Waals surface area contributed by atoms with Gasteiger partial charge in [0.1, 0.15) is 0 Å². The molecule has 1 N–H and O–H groups in total. The monoisotopic (exact) mass is 289 g/mol. The summed E-state index contributed by atoms with van der Waals surface area (Å²) in [7, 11) is 0.